The number of amides is 1. The van der Waals surface area contributed by atoms with Gasteiger partial charge >= 0.3 is 0 Å². The third kappa shape index (κ3) is 5.93. The fourth-order valence-corrected chi connectivity index (χ4v) is 4.92. The maximum absolute atomic E-state index is 13.1. The molecule has 0 unspecified atom stereocenters. The predicted molar refractivity (Wildman–Crippen MR) is 137 cm³/mol. The summed E-state index contributed by atoms with van der Waals surface area (Å²) in [6, 6.07) is 20.3. The Bertz CT molecular complexity index is 1260. The molecule has 0 aliphatic rings. The Labute approximate surface area is 207 Å². The van der Waals surface area contributed by atoms with Crippen molar-refractivity contribution < 1.29 is 22.7 Å². The van der Waals surface area contributed by atoms with E-state index in [1.165, 1.54) is 23.5 Å². The van der Waals surface area contributed by atoms with Gasteiger partial charge in [-0.1, -0.05) is 30.3 Å². The lowest BCUT2D eigenvalue weighted by atomic mass is 10.0. The first-order valence-electron chi connectivity index (χ1n) is 11.0. The third-order valence-corrected chi connectivity index (χ3v) is 7.53. The highest BCUT2D eigenvalue weighted by molar-refractivity contribution is 7.92. The minimum absolute atomic E-state index is 0.0422. The second-order valence-electron chi connectivity index (χ2n) is 8.14. The summed E-state index contributed by atoms with van der Waals surface area (Å²) in [6.45, 7) is 0.308. The summed E-state index contributed by atoms with van der Waals surface area (Å²) in [5, 5.41) is 2.92. The van der Waals surface area contributed by atoms with Gasteiger partial charge in [0.2, 0.25) is 0 Å². The van der Waals surface area contributed by atoms with Crippen LogP contribution in [0.2, 0.25) is 0 Å². The summed E-state index contributed by atoms with van der Waals surface area (Å²) in [4.78, 5) is 15.0. The van der Waals surface area contributed by atoms with E-state index < -0.39 is 10.0 Å². The van der Waals surface area contributed by atoms with Crippen molar-refractivity contribution in [1.29, 1.82) is 0 Å². The average molecular weight is 498 g/mol. The number of anilines is 1. The zero-order valence-electron chi connectivity index (χ0n) is 20.6. The molecule has 3 aromatic carbocycles. The molecule has 3 aromatic rings. The average Bonchev–Trinajstić information content (AvgIpc) is 2.88. The second-order valence-corrected chi connectivity index (χ2v) is 10.1. The van der Waals surface area contributed by atoms with Crippen LogP contribution in [0.25, 0.3) is 0 Å². The summed E-state index contributed by atoms with van der Waals surface area (Å²) in [5.74, 6) is 0.858. The molecule has 9 heteroatoms. The molecule has 1 atom stereocenters. The van der Waals surface area contributed by atoms with Crippen LogP contribution in [0.5, 0.6) is 11.5 Å². The highest BCUT2D eigenvalue weighted by Gasteiger charge is 2.23. The number of likely N-dealkylation sites (N-methyl/N-ethyl adjacent to an activating group) is 1. The van der Waals surface area contributed by atoms with Crippen LogP contribution in [0.1, 0.15) is 22.0 Å². The first-order chi connectivity index (χ1) is 16.7. The second kappa shape index (κ2) is 11.2. The number of hydrogen-bond donors (Lipinski definition) is 1. The van der Waals surface area contributed by atoms with Crippen LogP contribution in [0.4, 0.5) is 5.69 Å². The summed E-state index contributed by atoms with van der Waals surface area (Å²) in [5.41, 5.74) is 1.73. The summed E-state index contributed by atoms with van der Waals surface area (Å²) in [6.07, 6.45) is 0. The van der Waals surface area contributed by atoms with E-state index >= 15 is 0 Å². The van der Waals surface area contributed by atoms with E-state index in [-0.39, 0.29) is 22.4 Å². The first-order valence-corrected chi connectivity index (χ1v) is 12.4. The van der Waals surface area contributed by atoms with Gasteiger partial charge in [-0.25, -0.2) is 8.42 Å². The number of benzene rings is 3. The van der Waals surface area contributed by atoms with Crippen LogP contribution >= 0.6 is 0 Å². The van der Waals surface area contributed by atoms with Crippen molar-refractivity contribution in [3.63, 3.8) is 0 Å². The smallest absolute Gasteiger partial charge is 0.264 e. The van der Waals surface area contributed by atoms with Gasteiger partial charge in [-0.3, -0.25) is 9.10 Å². The van der Waals surface area contributed by atoms with E-state index in [1.54, 1.807) is 50.6 Å². The maximum atomic E-state index is 13.1. The molecule has 0 saturated heterocycles. The maximum Gasteiger partial charge on any atom is 0.264 e. The molecular formula is C26H31N3O5S. The van der Waals surface area contributed by atoms with Gasteiger partial charge in [0.1, 0.15) is 0 Å². The molecule has 0 radical (unpaired) electrons. The molecule has 0 fully saturated rings. The molecule has 0 aliphatic heterocycles. The zero-order chi connectivity index (χ0) is 25.6. The molecule has 0 bridgehead atoms. The molecule has 0 aromatic heterocycles. The summed E-state index contributed by atoms with van der Waals surface area (Å²) < 4.78 is 38.2. The first kappa shape index (κ1) is 26.1. The Kier molecular flexibility index (Phi) is 8.37. The number of ether oxygens (including phenoxy) is 2. The Hall–Kier alpha value is -3.56. The molecule has 1 amide bonds. The van der Waals surface area contributed by atoms with E-state index in [1.807, 2.05) is 43.3 Å². The van der Waals surface area contributed by atoms with Crippen molar-refractivity contribution >= 4 is 21.6 Å². The van der Waals surface area contributed by atoms with Gasteiger partial charge in [0, 0.05) is 19.2 Å². The van der Waals surface area contributed by atoms with Gasteiger partial charge in [0.05, 0.1) is 30.8 Å². The van der Waals surface area contributed by atoms with Gasteiger partial charge < -0.3 is 19.7 Å². The minimum Gasteiger partial charge on any atom is -0.493 e. The van der Waals surface area contributed by atoms with Crippen LogP contribution in [-0.4, -0.2) is 61.1 Å². The van der Waals surface area contributed by atoms with Crippen molar-refractivity contribution in [1.82, 2.24) is 10.2 Å². The number of carbonyl (C=O) groups is 1. The molecule has 8 nitrogen and oxygen atoms in total. The Morgan fingerprint density at radius 2 is 1.57 bits per heavy atom. The van der Waals surface area contributed by atoms with E-state index in [2.05, 4.69) is 5.32 Å². The number of nitrogens with zero attached hydrogens (tertiary/aromatic N) is 2. The monoisotopic (exact) mass is 497 g/mol. The molecular weight excluding hydrogens is 466 g/mol. The number of carbonyl (C=O) groups excluding carboxylic acids is 1. The highest BCUT2D eigenvalue weighted by Crippen LogP contribution is 2.31. The Morgan fingerprint density at radius 1 is 0.886 bits per heavy atom. The normalized spacial score (nSPS) is 12.2. The van der Waals surface area contributed by atoms with Crippen LogP contribution < -0.4 is 19.1 Å². The van der Waals surface area contributed by atoms with Gasteiger partial charge in [0.15, 0.2) is 11.5 Å². The zero-order valence-corrected chi connectivity index (χ0v) is 21.4. The lowest BCUT2D eigenvalue weighted by Gasteiger charge is -2.26. The topological polar surface area (TPSA) is 88.2 Å². The Morgan fingerprint density at radius 3 is 2.20 bits per heavy atom. The molecule has 0 aliphatic carbocycles. The molecule has 1 N–H and O–H groups in total. The highest BCUT2D eigenvalue weighted by atomic mass is 32.2. The molecule has 0 heterocycles. The molecule has 186 valence electrons. The van der Waals surface area contributed by atoms with Crippen molar-refractivity contribution in [2.45, 2.75) is 10.9 Å². The van der Waals surface area contributed by atoms with Crippen molar-refractivity contribution in [3.8, 4) is 11.5 Å². The fraction of sp³-hybridized carbons (Fsp3) is 0.269. The third-order valence-electron chi connectivity index (χ3n) is 5.75. The Balaban J connectivity index is 1.78. The number of nitrogens with one attached hydrogen (secondary N) is 1. The standard InChI is InChI=1S/C26H31N3O5S/c1-28(2)23(19-14-15-24(33-4)25(17-19)34-5)18-27-26(30)20-10-9-13-22(16-20)35(31,32)29(3)21-11-7-6-8-12-21/h6-17,23H,18H2,1-5H3,(H,27,30)/t23-/m1/s1. The van der Waals surface area contributed by atoms with Crippen LogP contribution in [0.15, 0.2) is 77.7 Å². The van der Waals surface area contributed by atoms with E-state index in [9.17, 15) is 13.2 Å². The molecule has 3 rings (SSSR count). The predicted octanol–water partition coefficient (Wildman–Crippen LogP) is 3.56. The van der Waals surface area contributed by atoms with E-state index in [4.69, 9.17) is 9.47 Å². The number of rotatable bonds is 10. The molecule has 35 heavy (non-hydrogen) atoms. The summed E-state index contributed by atoms with van der Waals surface area (Å²) >= 11 is 0. The lowest BCUT2D eigenvalue weighted by Crippen LogP contribution is -2.34. The SMILES string of the molecule is COc1ccc([C@@H](CNC(=O)c2cccc(S(=O)(=O)N(C)c3ccccc3)c2)N(C)C)cc1OC. The summed E-state index contributed by atoms with van der Waals surface area (Å²) in [7, 11) is 4.64. The van der Waals surface area contributed by atoms with E-state index in [0.29, 0.717) is 23.7 Å². The van der Waals surface area contributed by atoms with Gasteiger partial charge in [-0.2, -0.15) is 0 Å². The van der Waals surface area contributed by atoms with Crippen LogP contribution in [-0.2, 0) is 10.0 Å². The number of hydrogen-bond acceptors (Lipinski definition) is 6. The largest absolute Gasteiger partial charge is 0.493 e. The van der Waals surface area contributed by atoms with E-state index in [0.717, 1.165) is 5.56 Å². The number of sulfonamides is 1. The quantitative estimate of drug-likeness (QED) is 0.461. The molecule has 0 saturated carbocycles. The van der Waals surface area contributed by atoms with Gasteiger partial charge in [0.25, 0.3) is 15.9 Å². The van der Waals surface area contributed by atoms with Crippen molar-refractivity contribution in [2.24, 2.45) is 0 Å². The van der Waals surface area contributed by atoms with Crippen molar-refractivity contribution in [3.05, 3.63) is 83.9 Å². The molecule has 0 spiro atoms. The van der Waals surface area contributed by atoms with Crippen LogP contribution in [0.3, 0.4) is 0 Å². The fourth-order valence-electron chi connectivity index (χ4n) is 3.68. The van der Waals surface area contributed by atoms with Crippen molar-refractivity contribution in [2.75, 3.05) is 46.2 Å². The minimum atomic E-state index is -3.83. The van der Waals surface area contributed by atoms with Crippen LogP contribution in [0, 0.1) is 0 Å². The number of methoxy groups -OCH3 is 2. The van der Waals surface area contributed by atoms with Gasteiger partial charge in [-0.05, 0) is 62.1 Å². The van der Waals surface area contributed by atoms with Gasteiger partial charge in [-0.15, -0.1) is 0 Å². The lowest BCUT2D eigenvalue weighted by molar-refractivity contribution is 0.0941. The number of para-hydroxylation sites is 1.